The predicted octanol–water partition coefficient (Wildman–Crippen LogP) is 1.44. The van der Waals surface area contributed by atoms with E-state index in [2.05, 4.69) is 4.74 Å². The highest BCUT2D eigenvalue weighted by Gasteiger charge is 2.39. The van der Waals surface area contributed by atoms with Gasteiger partial charge in [-0.3, -0.25) is 4.90 Å². The SMILES string of the molecule is CN(CCc1ccc(Cl)cc1)[C@@H]1C=C(COC(F)F)[C@H](O)[C@H](O)[C@H]1O. The van der Waals surface area contributed by atoms with Crippen LogP contribution in [0.4, 0.5) is 8.78 Å². The molecule has 0 amide bonds. The van der Waals surface area contributed by atoms with Crippen LogP contribution in [-0.4, -0.2) is 71.4 Å². The van der Waals surface area contributed by atoms with E-state index in [1.165, 1.54) is 6.08 Å². The molecule has 5 nitrogen and oxygen atoms in total. The van der Waals surface area contributed by atoms with Gasteiger partial charge in [0.15, 0.2) is 0 Å². The van der Waals surface area contributed by atoms with Crippen molar-refractivity contribution in [3.05, 3.63) is 46.5 Å². The number of rotatable bonds is 7. The molecule has 0 radical (unpaired) electrons. The molecule has 2 rings (SSSR count). The fraction of sp³-hybridized carbons (Fsp3) is 0.529. The molecule has 0 aromatic heterocycles. The third kappa shape index (κ3) is 5.44. The summed E-state index contributed by atoms with van der Waals surface area (Å²) in [6, 6.07) is 6.73. The van der Waals surface area contributed by atoms with Gasteiger partial charge in [-0.15, -0.1) is 0 Å². The summed E-state index contributed by atoms with van der Waals surface area (Å²) in [6.07, 6.45) is -1.99. The van der Waals surface area contributed by atoms with Gasteiger partial charge in [-0.1, -0.05) is 29.8 Å². The van der Waals surface area contributed by atoms with Crippen LogP contribution in [0.25, 0.3) is 0 Å². The standard InChI is InChI=1S/C17H22ClF2NO4/c1-21(7-6-10-2-4-12(18)5-3-10)13-8-11(9-25-17(19)20)14(22)16(24)15(13)23/h2-5,8,13-17,22-24H,6-7,9H2,1H3/t13-,14+,15+,16+/m1/s1. The largest absolute Gasteiger partial charge is 0.388 e. The fourth-order valence-electron chi connectivity index (χ4n) is 2.81. The number of hydrogen-bond donors (Lipinski definition) is 3. The normalized spacial score (nSPS) is 27.0. The lowest BCUT2D eigenvalue weighted by Gasteiger charge is -2.39. The Hall–Kier alpha value is -1.09. The molecule has 1 aromatic rings. The zero-order chi connectivity index (χ0) is 18.6. The van der Waals surface area contributed by atoms with Crippen molar-refractivity contribution in [2.24, 2.45) is 0 Å². The molecule has 0 fully saturated rings. The minimum Gasteiger partial charge on any atom is -0.388 e. The van der Waals surface area contributed by atoms with Gasteiger partial charge in [0, 0.05) is 11.6 Å². The molecule has 0 heterocycles. The Bertz CT molecular complexity index is 585. The zero-order valence-electron chi connectivity index (χ0n) is 13.7. The monoisotopic (exact) mass is 377 g/mol. The first-order chi connectivity index (χ1) is 11.8. The molecule has 0 spiro atoms. The smallest absolute Gasteiger partial charge is 0.345 e. The van der Waals surface area contributed by atoms with E-state index in [0.717, 1.165) is 5.56 Å². The average molecular weight is 378 g/mol. The molecule has 1 aliphatic carbocycles. The van der Waals surface area contributed by atoms with Gasteiger partial charge in [-0.2, -0.15) is 8.78 Å². The van der Waals surface area contributed by atoms with Crippen molar-refractivity contribution in [2.45, 2.75) is 37.4 Å². The second-order valence-electron chi connectivity index (χ2n) is 6.09. The van der Waals surface area contributed by atoms with Crippen LogP contribution in [0.5, 0.6) is 0 Å². The Morgan fingerprint density at radius 3 is 2.40 bits per heavy atom. The zero-order valence-corrected chi connectivity index (χ0v) is 14.5. The minimum absolute atomic E-state index is 0.126. The maximum atomic E-state index is 12.2. The van der Waals surface area contributed by atoms with Gasteiger partial charge in [-0.05, 0) is 36.7 Å². The molecule has 25 heavy (non-hydrogen) atoms. The number of aliphatic hydroxyl groups excluding tert-OH is 3. The van der Waals surface area contributed by atoms with Crippen molar-refractivity contribution < 1.29 is 28.8 Å². The molecule has 3 N–H and O–H groups in total. The number of nitrogens with zero attached hydrogens (tertiary/aromatic N) is 1. The molecule has 1 aliphatic rings. The van der Waals surface area contributed by atoms with Gasteiger partial charge in [0.2, 0.25) is 0 Å². The maximum Gasteiger partial charge on any atom is 0.345 e. The molecule has 4 atom stereocenters. The number of alkyl halides is 2. The lowest BCUT2D eigenvalue weighted by atomic mass is 9.87. The van der Waals surface area contributed by atoms with Gasteiger partial charge < -0.3 is 20.1 Å². The summed E-state index contributed by atoms with van der Waals surface area (Å²) < 4.78 is 28.7. The highest BCUT2D eigenvalue weighted by molar-refractivity contribution is 6.30. The third-order valence-corrected chi connectivity index (χ3v) is 4.59. The maximum absolute atomic E-state index is 12.2. The third-order valence-electron chi connectivity index (χ3n) is 4.34. The quantitative estimate of drug-likeness (QED) is 0.627. The minimum atomic E-state index is -2.97. The van der Waals surface area contributed by atoms with E-state index in [4.69, 9.17) is 11.6 Å². The van der Waals surface area contributed by atoms with Crippen molar-refractivity contribution >= 4 is 11.6 Å². The van der Waals surface area contributed by atoms with E-state index in [9.17, 15) is 24.1 Å². The Morgan fingerprint density at radius 1 is 1.16 bits per heavy atom. The summed E-state index contributed by atoms with van der Waals surface area (Å²) in [7, 11) is 1.75. The first-order valence-electron chi connectivity index (χ1n) is 7.89. The van der Waals surface area contributed by atoms with Gasteiger partial charge in [0.05, 0.1) is 12.6 Å². The molecule has 140 valence electrons. The highest BCUT2D eigenvalue weighted by atomic mass is 35.5. The molecule has 0 saturated carbocycles. The van der Waals surface area contributed by atoms with Gasteiger partial charge in [0.1, 0.15) is 18.3 Å². The van der Waals surface area contributed by atoms with E-state index >= 15 is 0 Å². The molecular weight excluding hydrogens is 356 g/mol. The van der Waals surface area contributed by atoms with E-state index in [0.29, 0.717) is 18.0 Å². The van der Waals surface area contributed by atoms with Crippen LogP contribution in [0, 0.1) is 0 Å². The van der Waals surface area contributed by atoms with Crippen LogP contribution < -0.4 is 0 Å². The molecule has 0 aliphatic heterocycles. The number of hydrogen-bond acceptors (Lipinski definition) is 5. The topological polar surface area (TPSA) is 73.2 Å². The van der Waals surface area contributed by atoms with Crippen molar-refractivity contribution in [1.82, 2.24) is 4.90 Å². The van der Waals surface area contributed by atoms with Crippen molar-refractivity contribution in [2.75, 3.05) is 20.2 Å². The summed E-state index contributed by atoms with van der Waals surface area (Å²) in [5.41, 5.74) is 1.17. The van der Waals surface area contributed by atoms with Gasteiger partial charge in [0.25, 0.3) is 0 Å². The van der Waals surface area contributed by atoms with Crippen LogP contribution in [0.3, 0.4) is 0 Å². The summed E-state index contributed by atoms with van der Waals surface area (Å²) in [5, 5.41) is 30.8. The first-order valence-corrected chi connectivity index (χ1v) is 8.26. The summed E-state index contributed by atoms with van der Waals surface area (Å²) >= 11 is 5.84. The van der Waals surface area contributed by atoms with Gasteiger partial charge in [-0.25, -0.2) is 0 Å². The van der Waals surface area contributed by atoms with Gasteiger partial charge >= 0.3 is 6.61 Å². The van der Waals surface area contributed by atoms with Crippen LogP contribution >= 0.6 is 11.6 Å². The molecule has 8 heteroatoms. The first kappa shape index (κ1) is 20.2. The molecule has 0 unspecified atom stereocenters. The van der Waals surface area contributed by atoms with E-state index in [1.807, 2.05) is 12.1 Å². The lowest BCUT2D eigenvalue weighted by molar-refractivity contribution is -0.131. The van der Waals surface area contributed by atoms with E-state index in [-0.39, 0.29) is 5.57 Å². The molecule has 0 saturated heterocycles. The van der Waals surface area contributed by atoms with Crippen LogP contribution in [-0.2, 0) is 11.2 Å². The summed E-state index contributed by atoms with van der Waals surface area (Å²) in [4.78, 5) is 1.79. The second kappa shape index (κ2) is 9.02. The number of halogens is 3. The number of benzene rings is 1. The Labute approximate surface area is 150 Å². The Morgan fingerprint density at radius 2 is 1.80 bits per heavy atom. The molecule has 1 aromatic carbocycles. The van der Waals surface area contributed by atoms with Crippen molar-refractivity contribution in [3.63, 3.8) is 0 Å². The van der Waals surface area contributed by atoms with Crippen LogP contribution in [0.15, 0.2) is 35.9 Å². The molecular formula is C17H22ClF2NO4. The summed E-state index contributed by atoms with van der Waals surface area (Å²) in [6.45, 7) is -2.94. The average Bonchev–Trinajstić information content (AvgIpc) is 2.58. The van der Waals surface area contributed by atoms with Crippen LogP contribution in [0.2, 0.25) is 5.02 Å². The Kier molecular flexibility index (Phi) is 7.30. The van der Waals surface area contributed by atoms with E-state index in [1.54, 1.807) is 24.1 Å². The number of ether oxygens (including phenoxy) is 1. The number of aliphatic hydroxyl groups is 3. The van der Waals surface area contributed by atoms with Crippen molar-refractivity contribution in [3.8, 4) is 0 Å². The highest BCUT2D eigenvalue weighted by Crippen LogP contribution is 2.24. The second-order valence-corrected chi connectivity index (χ2v) is 6.52. The number of likely N-dealkylation sites (N-methyl/N-ethyl adjacent to an activating group) is 1. The van der Waals surface area contributed by atoms with E-state index < -0.39 is 37.6 Å². The lowest BCUT2D eigenvalue weighted by Crippen LogP contribution is -2.54. The summed E-state index contributed by atoms with van der Waals surface area (Å²) in [5.74, 6) is 0. The van der Waals surface area contributed by atoms with Crippen molar-refractivity contribution in [1.29, 1.82) is 0 Å². The fourth-order valence-corrected chi connectivity index (χ4v) is 2.94. The Balaban J connectivity index is 2.04. The van der Waals surface area contributed by atoms with Crippen LogP contribution in [0.1, 0.15) is 5.56 Å². The predicted molar refractivity (Wildman–Crippen MR) is 89.6 cm³/mol. The molecule has 0 bridgehead atoms.